The lowest BCUT2D eigenvalue weighted by Crippen LogP contribution is -2.26. The van der Waals surface area contributed by atoms with Gasteiger partial charge in [-0.3, -0.25) is 0 Å². The molecule has 0 radical (unpaired) electrons. The summed E-state index contributed by atoms with van der Waals surface area (Å²) in [5.41, 5.74) is 7.14. The topological polar surface area (TPSA) is 75.4 Å². The summed E-state index contributed by atoms with van der Waals surface area (Å²) >= 11 is 0. The molecule has 0 bridgehead atoms. The minimum absolute atomic E-state index is 0.140. The van der Waals surface area contributed by atoms with Gasteiger partial charge < -0.3 is 11.1 Å². The van der Waals surface area contributed by atoms with Crippen LogP contribution in [0, 0.1) is 11.3 Å². The molecule has 21 heavy (non-hydrogen) atoms. The van der Waals surface area contributed by atoms with E-state index < -0.39 is 10.0 Å². The second-order valence-corrected chi connectivity index (χ2v) is 8.77. The molecule has 0 amide bonds. The molecule has 0 saturated heterocycles. The molecular formula is C15H27N3O2S. The van der Waals surface area contributed by atoms with E-state index in [1.807, 2.05) is 0 Å². The van der Waals surface area contributed by atoms with Crippen LogP contribution in [0.25, 0.3) is 0 Å². The number of sulfonamides is 1. The molecule has 0 aliphatic heterocycles. The first-order valence-corrected chi connectivity index (χ1v) is 8.47. The zero-order valence-corrected chi connectivity index (χ0v) is 14.6. The van der Waals surface area contributed by atoms with Crippen molar-refractivity contribution in [2.45, 2.75) is 32.6 Å². The minimum atomic E-state index is -3.53. The summed E-state index contributed by atoms with van der Waals surface area (Å²) in [7, 11) is -0.536. The fraction of sp³-hybridized carbons (Fsp3) is 0.600. The van der Waals surface area contributed by atoms with E-state index >= 15 is 0 Å². The van der Waals surface area contributed by atoms with Crippen molar-refractivity contribution >= 4 is 21.4 Å². The summed E-state index contributed by atoms with van der Waals surface area (Å²) in [6.07, 6.45) is 0. The van der Waals surface area contributed by atoms with Gasteiger partial charge in [-0.1, -0.05) is 33.8 Å². The number of anilines is 2. The van der Waals surface area contributed by atoms with Crippen molar-refractivity contribution in [2.24, 2.45) is 11.3 Å². The number of nitrogens with two attached hydrogens (primary N) is 1. The third-order valence-electron chi connectivity index (χ3n) is 3.90. The van der Waals surface area contributed by atoms with Crippen LogP contribution in [0.3, 0.4) is 0 Å². The fourth-order valence-corrected chi connectivity index (χ4v) is 2.72. The Balaban J connectivity index is 3.03. The monoisotopic (exact) mass is 313 g/mol. The first-order chi connectivity index (χ1) is 9.48. The van der Waals surface area contributed by atoms with Crippen molar-refractivity contribution in [2.75, 3.05) is 31.7 Å². The lowest BCUT2D eigenvalue weighted by atomic mass is 9.82. The Morgan fingerprint density at radius 3 is 2.33 bits per heavy atom. The highest BCUT2D eigenvalue weighted by atomic mass is 32.2. The highest BCUT2D eigenvalue weighted by Crippen LogP contribution is 2.30. The molecule has 6 heteroatoms. The van der Waals surface area contributed by atoms with Gasteiger partial charge in [0.1, 0.15) is 4.90 Å². The van der Waals surface area contributed by atoms with Crippen LogP contribution in [-0.2, 0) is 10.0 Å². The van der Waals surface area contributed by atoms with E-state index in [0.29, 0.717) is 11.6 Å². The van der Waals surface area contributed by atoms with Gasteiger partial charge in [-0.15, -0.1) is 0 Å². The SMILES string of the molecule is CC(CNc1cccc(S(=O)(=O)N(C)C)c1N)C(C)(C)C. The third-order valence-corrected chi connectivity index (χ3v) is 5.78. The molecule has 1 atom stereocenters. The minimum Gasteiger partial charge on any atom is -0.396 e. The van der Waals surface area contributed by atoms with Crippen LogP contribution < -0.4 is 11.1 Å². The summed E-state index contributed by atoms with van der Waals surface area (Å²) in [4.78, 5) is 0.140. The van der Waals surface area contributed by atoms with E-state index in [-0.39, 0.29) is 16.0 Å². The number of nitrogen functional groups attached to an aromatic ring is 1. The van der Waals surface area contributed by atoms with Crippen LogP contribution in [0.4, 0.5) is 11.4 Å². The van der Waals surface area contributed by atoms with Crippen LogP contribution in [0.15, 0.2) is 23.1 Å². The van der Waals surface area contributed by atoms with Crippen molar-refractivity contribution in [3.05, 3.63) is 18.2 Å². The van der Waals surface area contributed by atoms with Crippen LogP contribution in [0.5, 0.6) is 0 Å². The van der Waals surface area contributed by atoms with Gasteiger partial charge in [0.15, 0.2) is 0 Å². The van der Waals surface area contributed by atoms with Crippen LogP contribution >= 0.6 is 0 Å². The normalized spacial score (nSPS) is 14.2. The van der Waals surface area contributed by atoms with Crippen molar-refractivity contribution < 1.29 is 8.42 Å². The number of hydrogen-bond acceptors (Lipinski definition) is 4. The zero-order valence-electron chi connectivity index (χ0n) is 13.8. The number of nitrogens with zero attached hydrogens (tertiary/aromatic N) is 1. The Bertz CT molecular complexity index is 589. The van der Waals surface area contributed by atoms with E-state index in [1.165, 1.54) is 24.5 Å². The quantitative estimate of drug-likeness (QED) is 0.819. The summed E-state index contributed by atoms with van der Waals surface area (Å²) in [6, 6.07) is 5.04. The molecule has 0 saturated carbocycles. The standard InChI is InChI=1S/C15H27N3O2S/c1-11(15(2,3)4)10-17-12-8-7-9-13(14(12)16)21(19,20)18(5)6/h7-9,11,17H,10,16H2,1-6H3. The van der Waals surface area contributed by atoms with Gasteiger partial charge >= 0.3 is 0 Å². The van der Waals surface area contributed by atoms with Crippen molar-refractivity contribution in [3.8, 4) is 0 Å². The molecule has 0 heterocycles. The average molecular weight is 313 g/mol. The fourth-order valence-electron chi connectivity index (χ4n) is 1.69. The molecule has 0 aliphatic rings. The second kappa shape index (κ2) is 6.23. The number of benzene rings is 1. The van der Waals surface area contributed by atoms with E-state index in [4.69, 9.17) is 5.73 Å². The number of nitrogens with one attached hydrogen (secondary N) is 1. The number of rotatable bonds is 5. The largest absolute Gasteiger partial charge is 0.396 e. The predicted octanol–water partition coefficient (Wildman–Crippen LogP) is 2.61. The summed E-state index contributed by atoms with van der Waals surface area (Å²) in [6.45, 7) is 9.42. The van der Waals surface area contributed by atoms with Gasteiger partial charge in [0.2, 0.25) is 10.0 Å². The molecule has 0 fully saturated rings. The molecule has 1 rings (SSSR count). The lowest BCUT2D eigenvalue weighted by molar-refractivity contribution is 0.274. The summed E-state index contributed by atoms with van der Waals surface area (Å²) in [5.74, 6) is 0.422. The van der Waals surface area contributed by atoms with Crippen LogP contribution in [-0.4, -0.2) is 33.4 Å². The second-order valence-electron chi connectivity index (χ2n) is 6.65. The molecule has 1 aromatic rings. The molecular weight excluding hydrogens is 286 g/mol. The van der Waals surface area contributed by atoms with Crippen LogP contribution in [0.1, 0.15) is 27.7 Å². The van der Waals surface area contributed by atoms with Crippen molar-refractivity contribution in [1.29, 1.82) is 0 Å². The molecule has 0 aromatic heterocycles. The predicted molar refractivity (Wildman–Crippen MR) is 88.8 cm³/mol. The Morgan fingerprint density at radius 2 is 1.86 bits per heavy atom. The Hall–Kier alpha value is -1.27. The molecule has 120 valence electrons. The Labute approximate surface area is 128 Å². The number of para-hydroxylation sites is 1. The van der Waals surface area contributed by atoms with E-state index in [9.17, 15) is 8.42 Å². The highest BCUT2D eigenvalue weighted by Gasteiger charge is 2.23. The zero-order chi connectivity index (χ0) is 16.4. The highest BCUT2D eigenvalue weighted by molar-refractivity contribution is 7.89. The van der Waals surface area contributed by atoms with Gasteiger partial charge in [0.05, 0.1) is 11.4 Å². The van der Waals surface area contributed by atoms with Gasteiger partial charge in [0.25, 0.3) is 0 Å². The Morgan fingerprint density at radius 1 is 1.29 bits per heavy atom. The van der Waals surface area contributed by atoms with Gasteiger partial charge in [-0.05, 0) is 23.5 Å². The van der Waals surface area contributed by atoms with Gasteiger partial charge in [-0.25, -0.2) is 12.7 Å². The third kappa shape index (κ3) is 4.11. The summed E-state index contributed by atoms with van der Waals surface area (Å²) in [5, 5.41) is 3.26. The number of hydrogen-bond donors (Lipinski definition) is 2. The maximum atomic E-state index is 12.2. The lowest BCUT2D eigenvalue weighted by Gasteiger charge is -2.28. The van der Waals surface area contributed by atoms with Gasteiger partial charge in [-0.2, -0.15) is 0 Å². The maximum Gasteiger partial charge on any atom is 0.244 e. The first-order valence-electron chi connectivity index (χ1n) is 7.02. The van der Waals surface area contributed by atoms with Crippen LogP contribution in [0.2, 0.25) is 0 Å². The van der Waals surface area contributed by atoms with Crippen molar-refractivity contribution in [1.82, 2.24) is 4.31 Å². The average Bonchev–Trinajstić information content (AvgIpc) is 2.35. The molecule has 1 aromatic carbocycles. The van der Waals surface area contributed by atoms with Crippen molar-refractivity contribution in [3.63, 3.8) is 0 Å². The van der Waals surface area contributed by atoms with E-state index in [1.54, 1.807) is 12.1 Å². The molecule has 5 nitrogen and oxygen atoms in total. The summed E-state index contributed by atoms with van der Waals surface area (Å²) < 4.78 is 25.6. The van der Waals surface area contributed by atoms with E-state index in [2.05, 4.69) is 33.0 Å². The maximum absolute atomic E-state index is 12.2. The van der Waals surface area contributed by atoms with Gasteiger partial charge in [0, 0.05) is 20.6 Å². The molecule has 0 spiro atoms. The molecule has 0 aliphatic carbocycles. The molecule has 1 unspecified atom stereocenters. The molecule has 3 N–H and O–H groups in total. The Kier molecular flexibility index (Phi) is 5.28. The van der Waals surface area contributed by atoms with E-state index in [0.717, 1.165) is 6.54 Å². The smallest absolute Gasteiger partial charge is 0.244 e. The first kappa shape index (κ1) is 17.8.